The number of quaternary nitrogens is 1. The SMILES string of the molecule is CC(C)(Oc1ccc(C(=O)c2ccc(Cl)cc2)cc1)C(=O)[O-].C[N+](C)(C)CCO. The number of likely N-dealkylation sites (N-methyl/N-ethyl adjacent to an activating group) is 1. The first-order valence-electron chi connectivity index (χ1n) is 9.08. The van der Waals surface area contributed by atoms with Gasteiger partial charge in [0, 0.05) is 16.1 Å². The van der Waals surface area contributed by atoms with Gasteiger partial charge in [0.05, 0.1) is 33.7 Å². The average Bonchev–Trinajstić information content (AvgIpc) is 2.61. The quantitative estimate of drug-likeness (QED) is 0.547. The normalized spacial score (nSPS) is 11.3. The Balaban J connectivity index is 0.000000516. The fraction of sp³-hybridized carbons (Fsp3) is 0.364. The molecule has 0 radical (unpaired) electrons. The molecule has 0 saturated carbocycles. The second-order valence-electron chi connectivity index (χ2n) is 8.00. The largest absolute Gasteiger partial charge is 0.546 e. The third-order valence-corrected chi connectivity index (χ3v) is 4.11. The maximum Gasteiger partial charge on any atom is 0.193 e. The molecule has 1 N–H and O–H groups in total. The Kier molecular flexibility index (Phi) is 8.82. The van der Waals surface area contributed by atoms with E-state index in [-0.39, 0.29) is 12.4 Å². The minimum absolute atomic E-state index is 0.151. The van der Waals surface area contributed by atoms with Crippen molar-refractivity contribution in [3.8, 4) is 5.75 Å². The molecule has 0 aliphatic carbocycles. The highest BCUT2D eigenvalue weighted by Gasteiger charge is 2.21. The van der Waals surface area contributed by atoms with Gasteiger partial charge in [0.2, 0.25) is 0 Å². The van der Waals surface area contributed by atoms with Crippen LogP contribution in [-0.2, 0) is 4.79 Å². The Hall–Kier alpha value is -2.41. The van der Waals surface area contributed by atoms with Crippen LogP contribution in [0.15, 0.2) is 48.5 Å². The highest BCUT2D eigenvalue weighted by Crippen LogP contribution is 2.20. The zero-order valence-electron chi connectivity index (χ0n) is 17.4. The van der Waals surface area contributed by atoms with E-state index in [9.17, 15) is 14.7 Å². The van der Waals surface area contributed by atoms with Gasteiger partial charge in [-0.2, -0.15) is 0 Å². The highest BCUT2D eigenvalue weighted by atomic mass is 35.5. The molecule has 0 amide bonds. The van der Waals surface area contributed by atoms with Gasteiger partial charge in [-0.25, -0.2) is 0 Å². The predicted octanol–water partition coefficient (Wildman–Crippen LogP) is 2.16. The number of rotatable bonds is 7. The summed E-state index contributed by atoms with van der Waals surface area (Å²) < 4.78 is 6.17. The maximum absolute atomic E-state index is 12.3. The number of halogens is 1. The summed E-state index contributed by atoms with van der Waals surface area (Å²) in [5.41, 5.74) is -0.448. The summed E-state index contributed by atoms with van der Waals surface area (Å²) in [7, 11) is 6.16. The minimum Gasteiger partial charge on any atom is -0.546 e. The van der Waals surface area contributed by atoms with E-state index in [2.05, 4.69) is 21.1 Å². The molecule has 0 spiro atoms. The number of aliphatic carboxylic acids is 1. The van der Waals surface area contributed by atoms with Gasteiger partial charge in [0.25, 0.3) is 0 Å². The van der Waals surface area contributed by atoms with Crippen LogP contribution in [0.2, 0.25) is 5.02 Å². The van der Waals surface area contributed by atoms with Crippen molar-refractivity contribution in [1.82, 2.24) is 0 Å². The molecule has 0 unspecified atom stereocenters. The van der Waals surface area contributed by atoms with Crippen molar-refractivity contribution in [3.05, 3.63) is 64.7 Å². The molecule has 2 rings (SSSR count). The molecular weight excluding hydrogens is 394 g/mol. The molecule has 0 heterocycles. The van der Waals surface area contributed by atoms with Crippen LogP contribution in [0.3, 0.4) is 0 Å². The number of aliphatic hydroxyl groups is 1. The van der Waals surface area contributed by atoms with Gasteiger partial charge in [-0.05, 0) is 62.4 Å². The highest BCUT2D eigenvalue weighted by molar-refractivity contribution is 6.30. The van der Waals surface area contributed by atoms with Crippen LogP contribution in [0.5, 0.6) is 5.75 Å². The average molecular weight is 422 g/mol. The molecule has 6 nitrogen and oxygen atoms in total. The summed E-state index contributed by atoms with van der Waals surface area (Å²) in [4.78, 5) is 23.2. The Bertz CT molecular complexity index is 809. The van der Waals surface area contributed by atoms with Gasteiger partial charge in [0.1, 0.15) is 17.9 Å². The summed E-state index contributed by atoms with van der Waals surface area (Å²) in [6.07, 6.45) is 0. The number of carbonyl (C=O) groups excluding carboxylic acids is 2. The van der Waals surface area contributed by atoms with Crippen molar-refractivity contribution in [1.29, 1.82) is 0 Å². The second-order valence-corrected chi connectivity index (χ2v) is 8.43. The lowest BCUT2D eigenvalue weighted by Crippen LogP contribution is -2.47. The molecule has 0 bridgehead atoms. The van der Waals surface area contributed by atoms with E-state index >= 15 is 0 Å². The molecule has 7 heteroatoms. The van der Waals surface area contributed by atoms with E-state index in [4.69, 9.17) is 21.4 Å². The van der Waals surface area contributed by atoms with Crippen molar-refractivity contribution in [2.75, 3.05) is 34.3 Å². The van der Waals surface area contributed by atoms with Crippen molar-refractivity contribution in [3.63, 3.8) is 0 Å². The Morgan fingerprint density at radius 1 is 1.00 bits per heavy atom. The summed E-state index contributed by atoms with van der Waals surface area (Å²) in [5.74, 6) is -1.11. The lowest BCUT2D eigenvalue weighted by atomic mass is 10.0. The predicted molar refractivity (Wildman–Crippen MR) is 111 cm³/mol. The third kappa shape index (κ3) is 8.64. The fourth-order valence-corrected chi connectivity index (χ4v) is 2.20. The molecule has 0 aliphatic rings. The van der Waals surface area contributed by atoms with Crippen molar-refractivity contribution >= 4 is 23.4 Å². The zero-order valence-corrected chi connectivity index (χ0v) is 18.2. The molecule has 158 valence electrons. The smallest absolute Gasteiger partial charge is 0.193 e. The van der Waals surface area contributed by atoms with Crippen LogP contribution in [-0.4, -0.2) is 61.2 Å². The Morgan fingerprint density at radius 3 is 1.79 bits per heavy atom. The van der Waals surface area contributed by atoms with Crippen LogP contribution >= 0.6 is 11.6 Å². The van der Waals surface area contributed by atoms with Crippen molar-refractivity contribution in [2.24, 2.45) is 0 Å². The molecule has 0 aromatic heterocycles. The van der Waals surface area contributed by atoms with Crippen LogP contribution in [0.25, 0.3) is 0 Å². The van der Waals surface area contributed by atoms with Crippen LogP contribution in [0.1, 0.15) is 29.8 Å². The second kappa shape index (κ2) is 10.4. The molecule has 0 saturated heterocycles. The molecule has 2 aromatic carbocycles. The van der Waals surface area contributed by atoms with E-state index in [1.165, 1.54) is 13.8 Å². The van der Waals surface area contributed by atoms with Crippen LogP contribution < -0.4 is 9.84 Å². The number of nitrogens with zero attached hydrogens (tertiary/aromatic N) is 1. The van der Waals surface area contributed by atoms with E-state index in [0.29, 0.717) is 21.9 Å². The number of benzene rings is 2. The molecule has 29 heavy (non-hydrogen) atoms. The van der Waals surface area contributed by atoms with Gasteiger partial charge in [0.15, 0.2) is 5.78 Å². The van der Waals surface area contributed by atoms with Crippen molar-refractivity contribution < 1.29 is 29.0 Å². The van der Waals surface area contributed by atoms with Crippen LogP contribution in [0.4, 0.5) is 0 Å². The van der Waals surface area contributed by atoms with E-state index in [1.54, 1.807) is 48.5 Å². The van der Waals surface area contributed by atoms with E-state index in [0.717, 1.165) is 11.0 Å². The Labute approximate surface area is 176 Å². The first kappa shape index (κ1) is 24.6. The maximum atomic E-state index is 12.3. The third-order valence-electron chi connectivity index (χ3n) is 3.86. The number of hydrogen-bond donors (Lipinski definition) is 1. The number of carboxylic acid groups (broad SMARTS) is 1. The minimum atomic E-state index is -1.44. The molecule has 0 atom stereocenters. The lowest BCUT2D eigenvalue weighted by Gasteiger charge is -2.27. The Morgan fingerprint density at radius 2 is 1.45 bits per heavy atom. The molecule has 0 fully saturated rings. The number of hydrogen-bond acceptors (Lipinski definition) is 5. The van der Waals surface area contributed by atoms with Gasteiger partial charge < -0.3 is 24.2 Å². The van der Waals surface area contributed by atoms with Gasteiger partial charge in [-0.15, -0.1) is 0 Å². The molecule has 0 aliphatic heterocycles. The summed E-state index contributed by atoms with van der Waals surface area (Å²) >= 11 is 5.79. The number of carbonyl (C=O) groups is 2. The van der Waals surface area contributed by atoms with Gasteiger partial charge in [-0.3, -0.25) is 4.79 Å². The summed E-state index contributed by atoms with van der Waals surface area (Å²) in [6, 6.07) is 12.9. The molecule has 2 aromatic rings. The first-order chi connectivity index (χ1) is 13.4. The number of carboxylic acids is 1. The molecular formula is C22H28ClNO5. The van der Waals surface area contributed by atoms with E-state index in [1.807, 2.05) is 0 Å². The van der Waals surface area contributed by atoms with Crippen LogP contribution in [0, 0.1) is 0 Å². The van der Waals surface area contributed by atoms with E-state index < -0.39 is 11.6 Å². The summed E-state index contributed by atoms with van der Waals surface area (Å²) in [5, 5.41) is 19.9. The topological polar surface area (TPSA) is 86.7 Å². The monoisotopic (exact) mass is 421 g/mol. The number of aliphatic hydroxyl groups excluding tert-OH is 1. The fourth-order valence-electron chi connectivity index (χ4n) is 2.08. The van der Waals surface area contributed by atoms with Crippen molar-refractivity contribution in [2.45, 2.75) is 19.4 Å². The van der Waals surface area contributed by atoms with Gasteiger partial charge in [-0.1, -0.05) is 11.6 Å². The first-order valence-corrected chi connectivity index (χ1v) is 9.45. The standard InChI is InChI=1S/C17H15ClO4.C5H14NO/c1-17(2,16(20)21)22-14-9-5-12(6-10-14)15(19)11-3-7-13(18)8-4-11;1-6(2,3)4-5-7/h3-10H,1-2H3,(H,20,21);7H,4-5H2,1-3H3/q;+1/p-1. The number of ketones is 1. The van der Waals surface area contributed by atoms with Gasteiger partial charge >= 0.3 is 0 Å². The zero-order chi connectivity index (χ0) is 22.2. The summed E-state index contributed by atoms with van der Waals surface area (Å²) in [6.45, 7) is 3.91. The lowest BCUT2D eigenvalue weighted by molar-refractivity contribution is -0.870. The number of ether oxygens (including phenoxy) is 1.